The van der Waals surface area contributed by atoms with E-state index in [4.69, 9.17) is 28.4 Å². The molecule has 1 heterocycles. The lowest BCUT2D eigenvalue weighted by Gasteiger charge is -2.44. The number of ether oxygens (including phenoxy) is 6. The normalized spacial score (nSPS) is 23.8. The molecule has 0 aromatic heterocycles. The number of benzene rings is 1. The highest BCUT2D eigenvalue weighted by molar-refractivity contribution is 6.26. The Labute approximate surface area is 242 Å². The molecule has 3 rings (SSSR count). The summed E-state index contributed by atoms with van der Waals surface area (Å²) in [7, 11) is 0. The third-order valence-electron chi connectivity index (χ3n) is 6.20. The summed E-state index contributed by atoms with van der Waals surface area (Å²) in [5, 5.41) is 0. The minimum absolute atomic E-state index is 0.0310. The third kappa shape index (κ3) is 7.90. The van der Waals surface area contributed by atoms with Crippen LogP contribution in [0.2, 0.25) is 0 Å². The molecule has 1 aliphatic carbocycles. The Kier molecular flexibility index (Phi) is 10.8. The van der Waals surface area contributed by atoms with Crippen molar-refractivity contribution in [2.45, 2.75) is 78.7 Å². The van der Waals surface area contributed by atoms with E-state index < -0.39 is 72.8 Å². The molecular formula is C30H34O12. The summed E-state index contributed by atoms with van der Waals surface area (Å²) in [5.74, 6) is -4.39. The molecule has 1 aliphatic heterocycles. The van der Waals surface area contributed by atoms with Crippen LogP contribution in [0.5, 0.6) is 0 Å². The Bertz CT molecular complexity index is 1310. The Balaban J connectivity index is 2.14. The Morgan fingerprint density at radius 3 is 1.90 bits per heavy atom. The minimum atomic E-state index is -1.66. The van der Waals surface area contributed by atoms with Crippen molar-refractivity contribution in [2.24, 2.45) is 5.92 Å². The molecule has 0 radical (unpaired) electrons. The highest BCUT2D eigenvalue weighted by Crippen LogP contribution is 2.35. The molecule has 42 heavy (non-hydrogen) atoms. The van der Waals surface area contributed by atoms with Gasteiger partial charge in [-0.1, -0.05) is 50.3 Å². The van der Waals surface area contributed by atoms with Gasteiger partial charge in [0.2, 0.25) is 18.2 Å². The van der Waals surface area contributed by atoms with Crippen LogP contribution in [-0.2, 0) is 47.6 Å². The van der Waals surface area contributed by atoms with Gasteiger partial charge in [0.15, 0.2) is 23.8 Å². The molecule has 1 saturated heterocycles. The molecule has 0 spiro atoms. The van der Waals surface area contributed by atoms with Crippen LogP contribution in [0.3, 0.4) is 0 Å². The number of fused-ring (bicyclic) bond motifs is 1. The molecule has 12 heteroatoms. The van der Waals surface area contributed by atoms with Gasteiger partial charge in [0, 0.05) is 38.8 Å². The lowest BCUT2D eigenvalue weighted by atomic mass is 9.86. The van der Waals surface area contributed by atoms with E-state index in [0.717, 1.165) is 27.7 Å². The molecule has 1 aromatic carbocycles. The van der Waals surface area contributed by atoms with E-state index in [0.29, 0.717) is 0 Å². The van der Waals surface area contributed by atoms with Gasteiger partial charge in [0.05, 0.1) is 5.57 Å². The van der Waals surface area contributed by atoms with Crippen LogP contribution in [0.25, 0.3) is 0 Å². The van der Waals surface area contributed by atoms with E-state index >= 15 is 0 Å². The van der Waals surface area contributed by atoms with E-state index in [1.807, 2.05) is 19.9 Å². The second-order valence-corrected chi connectivity index (χ2v) is 10.1. The standard InChI is InChI=1S/C30H34O12/c1-15(2)10-9-13-22-24(35)20-11-7-8-12-21(20)25(36)26(22)42-30-29(40-19(6)34)28(39-18(5)33)27(38-17(4)32)23(41-30)14-37-16(3)31/h7-12,15,23,27-30H,13-14H2,1-6H3/b10-9+. The van der Waals surface area contributed by atoms with Crippen LogP contribution >= 0.6 is 0 Å². The summed E-state index contributed by atoms with van der Waals surface area (Å²) >= 11 is 0. The quantitative estimate of drug-likeness (QED) is 0.224. The van der Waals surface area contributed by atoms with Crippen LogP contribution in [0.4, 0.5) is 0 Å². The maximum absolute atomic E-state index is 13.7. The second-order valence-electron chi connectivity index (χ2n) is 10.1. The number of rotatable bonds is 10. The van der Waals surface area contributed by atoms with Crippen molar-refractivity contribution in [3.05, 3.63) is 58.9 Å². The van der Waals surface area contributed by atoms with Crippen molar-refractivity contribution >= 4 is 35.4 Å². The van der Waals surface area contributed by atoms with Gasteiger partial charge in [-0.25, -0.2) is 0 Å². The molecule has 2 aliphatic rings. The zero-order chi connectivity index (χ0) is 31.1. The smallest absolute Gasteiger partial charge is 0.303 e. The molecule has 5 unspecified atom stereocenters. The first-order chi connectivity index (χ1) is 19.8. The monoisotopic (exact) mass is 586 g/mol. The Hall–Kier alpha value is -4.32. The molecule has 0 saturated carbocycles. The number of hydrogen-bond acceptors (Lipinski definition) is 12. The highest BCUT2D eigenvalue weighted by atomic mass is 16.7. The molecule has 1 fully saturated rings. The fraction of sp³-hybridized carbons (Fsp3) is 0.467. The lowest BCUT2D eigenvalue weighted by molar-refractivity contribution is -0.299. The molecule has 5 atom stereocenters. The number of carbonyl (C=O) groups excluding carboxylic acids is 6. The van der Waals surface area contributed by atoms with Crippen molar-refractivity contribution < 1.29 is 57.2 Å². The zero-order valence-electron chi connectivity index (χ0n) is 24.2. The topological polar surface area (TPSA) is 158 Å². The molecule has 0 amide bonds. The van der Waals surface area contributed by atoms with E-state index in [1.54, 1.807) is 18.2 Å². The largest absolute Gasteiger partial charge is 0.463 e. The zero-order valence-corrected chi connectivity index (χ0v) is 24.2. The van der Waals surface area contributed by atoms with Crippen LogP contribution in [0.1, 0.15) is 68.7 Å². The van der Waals surface area contributed by atoms with Crippen LogP contribution < -0.4 is 0 Å². The van der Waals surface area contributed by atoms with Gasteiger partial charge in [-0.05, 0) is 12.3 Å². The Morgan fingerprint density at radius 2 is 1.36 bits per heavy atom. The van der Waals surface area contributed by atoms with Gasteiger partial charge in [-0.2, -0.15) is 0 Å². The first-order valence-electron chi connectivity index (χ1n) is 13.4. The number of hydrogen-bond donors (Lipinski definition) is 0. The van der Waals surface area contributed by atoms with Crippen LogP contribution in [-0.4, -0.2) is 72.8 Å². The highest BCUT2D eigenvalue weighted by Gasteiger charge is 2.54. The molecule has 1 aromatic rings. The number of esters is 4. The van der Waals surface area contributed by atoms with Crippen molar-refractivity contribution in [1.29, 1.82) is 0 Å². The molecule has 0 bridgehead atoms. The summed E-state index contributed by atoms with van der Waals surface area (Å²) in [4.78, 5) is 75.1. The first-order valence-corrected chi connectivity index (χ1v) is 13.4. The van der Waals surface area contributed by atoms with Gasteiger partial charge < -0.3 is 28.4 Å². The molecular weight excluding hydrogens is 552 g/mol. The first kappa shape index (κ1) is 32.2. The average Bonchev–Trinajstić information content (AvgIpc) is 2.89. The molecule has 0 N–H and O–H groups in total. The predicted molar refractivity (Wildman–Crippen MR) is 144 cm³/mol. The summed E-state index contributed by atoms with van der Waals surface area (Å²) in [6, 6.07) is 6.25. The SMILES string of the molecule is CC(=O)OCC1OC(OC2=C(C/C=C/C(C)C)C(=O)c3ccccc3C2=O)C(OC(C)=O)C(OC(C)=O)C1OC(C)=O. The molecule has 12 nitrogen and oxygen atoms in total. The maximum Gasteiger partial charge on any atom is 0.303 e. The number of Topliss-reactive ketones (excluding diaryl/α,β-unsaturated/α-hetero) is 2. The van der Waals surface area contributed by atoms with Crippen molar-refractivity contribution in [3.8, 4) is 0 Å². The fourth-order valence-corrected chi connectivity index (χ4v) is 4.57. The predicted octanol–water partition coefficient (Wildman–Crippen LogP) is 3.02. The van der Waals surface area contributed by atoms with Crippen molar-refractivity contribution in [2.75, 3.05) is 6.61 Å². The molecule has 226 valence electrons. The van der Waals surface area contributed by atoms with E-state index in [-0.39, 0.29) is 34.8 Å². The number of carbonyl (C=O) groups is 6. The summed E-state index contributed by atoms with van der Waals surface area (Å²) in [6.45, 7) is 7.84. The van der Waals surface area contributed by atoms with Crippen molar-refractivity contribution in [1.82, 2.24) is 0 Å². The summed E-state index contributed by atoms with van der Waals surface area (Å²) in [6.07, 6.45) is -3.78. The maximum atomic E-state index is 13.7. The number of ketones is 2. The lowest BCUT2D eigenvalue weighted by Crippen LogP contribution is -2.63. The minimum Gasteiger partial charge on any atom is -0.463 e. The van der Waals surface area contributed by atoms with Gasteiger partial charge in [-0.3, -0.25) is 28.8 Å². The summed E-state index contributed by atoms with van der Waals surface area (Å²) < 4.78 is 33.3. The van der Waals surface area contributed by atoms with Crippen LogP contribution in [0, 0.1) is 5.92 Å². The van der Waals surface area contributed by atoms with E-state index in [1.165, 1.54) is 12.1 Å². The van der Waals surface area contributed by atoms with Gasteiger partial charge >= 0.3 is 23.9 Å². The third-order valence-corrected chi connectivity index (χ3v) is 6.20. The van der Waals surface area contributed by atoms with Gasteiger partial charge in [-0.15, -0.1) is 0 Å². The summed E-state index contributed by atoms with van der Waals surface area (Å²) in [5.41, 5.74) is 0.326. The van der Waals surface area contributed by atoms with Crippen LogP contribution in [0.15, 0.2) is 47.7 Å². The van der Waals surface area contributed by atoms with Gasteiger partial charge in [0.1, 0.15) is 12.7 Å². The van der Waals surface area contributed by atoms with E-state index in [9.17, 15) is 28.8 Å². The average molecular weight is 587 g/mol. The fourth-order valence-electron chi connectivity index (χ4n) is 4.57. The Morgan fingerprint density at radius 1 is 0.810 bits per heavy atom. The second kappa shape index (κ2) is 14.0. The van der Waals surface area contributed by atoms with Crippen molar-refractivity contribution in [3.63, 3.8) is 0 Å². The number of allylic oxidation sites excluding steroid dienone is 4. The van der Waals surface area contributed by atoms with E-state index in [2.05, 4.69) is 0 Å². The van der Waals surface area contributed by atoms with Gasteiger partial charge in [0.25, 0.3) is 0 Å².